The molecule has 1 saturated carbocycles. The molecular formula is C32H35N5O7. The Balaban J connectivity index is 1.57. The van der Waals surface area contributed by atoms with Gasteiger partial charge in [-0.2, -0.15) is 0 Å². The van der Waals surface area contributed by atoms with Crippen molar-refractivity contribution in [3.63, 3.8) is 0 Å². The molecule has 44 heavy (non-hydrogen) atoms. The van der Waals surface area contributed by atoms with Gasteiger partial charge in [0.25, 0.3) is 5.91 Å². The summed E-state index contributed by atoms with van der Waals surface area (Å²) in [6.45, 7) is 0. The molecule has 0 spiro atoms. The number of rotatable bonds is 5. The largest absolute Gasteiger partial charge is 0.508 e. The monoisotopic (exact) mass is 601 g/mol. The van der Waals surface area contributed by atoms with Crippen LogP contribution >= 0.6 is 0 Å². The highest BCUT2D eigenvalue weighted by Gasteiger charge is 2.64. The van der Waals surface area contributed by atoms with E-state index in [1.807, 2.05) is 68.3 Å². The van der Waals surface area contributed by atoms with E-state index in [1.54, 1.807) is 14.1 Å². The van der Waals surface area contributed by atoms with E-state index in [9.17, 15) is 29.7 Å². The summed E-state index contributed by atoms with van der Waals surface area (Å²) in [6, 6.07) is 8.39. The quantitative estimate of drug-likeness (QED) is 0.316. The molecule has 0 aliphatic heterocycles. The number of fused-ring (bicyclic) bond motifs is 5. The standard InChI is InChI=1S/C32H35N5O7/c1-35(2)16-9-7-14(8-10-16)31-34-19-13-20(36(3)4)17-11-15-12-18-24(37(5)6)26(39)23(30(33)42)29(41)32(18,43)28(40)21(15)25(38)22(17)27(19)44-31/h7-10,13,15,18,24,38,41,43H,11-12H2,1-6H3,(H2,33,42)/t15-,18-,24-,32-/m0/s1. The first-order valence-corrected chi connectivity index (χ1v) is 14.2. The number of ketones is 2. The number of nitrogens with two attached hydrogens (primary N) is 1. The second-order valence-corrected chi connectivity index (χ2v) is 12.4. The van der Waals surface area contributed by atoms with Crippen LogP contribution in [0.3, 0.4) is 0 Å². The van der Waals surface area contributed by atoms with Gasteiger partial charge in [-0.15, -0.1) is 0 Å². The van der Waals surface area contributed by atoms with E-state index in [-0.39, 0.29) is 29.6 Å². The Morgan fingerprint density at radius 1 is 1.05 bits per heavy atom. The molecule has 0 saturated heterocycles. The number of aliphatic hydroxyl groups is 3. The molecule has 3 aliphatic rings. The Labute approximate surface area is 253 Å². The van der Waals surface area contributed by atoms with Crippen LogP contribution in [-0.2, 0) is 20.8 Å². The van der Waals surface area contributed by atoms with E-state index in [1.165, 1.54) is 4.90 Å². The minimum absolute atomic E-state index is 0.0660. The van der Waals surface area contributed by atoms with Gasteiger partial charge < -0.3 is 35.3 Å². The van der Waals surface area contributed by atoms with Crippen LogP contribution in [0.15, 0.2) is 51.7 Å². The first kappa shape index (κ1) is 29.4. The maximum atomic E-state index is 14.3. The Kier molecular flexibility index (Phi) is 6.63. The lowest BCUT2D eigenvalue weighted by Crippen LogP contribution is -2.65. The Morgan fingerprint density at radius 3 is 2.27 bits per heavy atom. The fourth-order valence-corrected chi connectivity index (χ4v) is 7.10. The van der Waals surface area contributed by atoms with Gasteiger partial charge in [-0.1, -0.05) is 0 Å². The number of aliphatic hydroxyl groups excluding tert-OH is 2. The summed E-state index contributed by atoms with van der Waals surface area (Å²) in [4.78, 5) is 49.9. The van der Waals surface area contributed by atoms with Crippen molar-refractivity contribution in [1.82, 2.24) is 9.88 Å². The summed E-state index contributed by atoms with van der Waals surface area (Å²) in [7, 11) is 10.8. The van der Waals surface area contributed by atoms with Gasteiger partial charge in [0.2, 0.25) is 11.7 Å². The molecule has 1 amide bonds. The van der Waals surface area contributed by atoms with Crippen LogP contribution < -0.4 is 15.5 Å². The van der Waals surface area contributed by atoms with Crippen LogP contribution in [0.2, 0.25) is 0 Å². The summed E-state index contributed by atoms with van der Waals surface area (Å²) >= 11 is 0. The first-order chi connectivity index (χ1) is 20.7. The molecule has 12 nitrogen and oxygen atoms in total. The third-order valence-corrected chi connectivity index (χ3v) is 9.19. The zero-order chi connectivity index (χ0) is 32.0. The summed E-state index contributed by atoms with van der Waals surface area (Å²) < 4.78 is 6.25. The number of nitrogens with zero attached hydrogens (tertiary/aromatic N) is 4. The average Bonchev–Trinajstić information content (AvgIpc) is 3.38. The highest BCUT2D eigenvalue weighted by atomic mass is 16.4. The highest BCUT2D eigenvalue weighted by molar-refractivity contribution is 6.24. The number of carbonyl (C=O) groups is 3. The van der Waals surface area contributed by atoms with Gasteiger partial charge in [0.05, 0.1) is 11.6 Å². The minimum atomic E-state index is -2.65. The molecule has 0 unspecified atom stereocenters. The van der Waals surface area contributed by atoms with Gasteiger partial charge in [0.15, 0.2) is 17.0 Å². The van der Waals surface area contributed by atoms with E-state index < -0.39 is 58.0 Å². The van der Waals surface area contributed by atoms with Crippen molar-refractivity contribution in [3.05, 3.63) is 58.4 Å². The Hall–Kier alpha value is -4.68. The smallest absolute Gasteiger partial charge is 0.255 e. The predicted octanol–water partition coefficient (Wildman–Crippen LogP) is 2.20. The molecule has 1 fully saturated rings. The Morgan fingerprint density at radius 2 is 1.70 bits per heavy atom. The molecule has 6 rings (SSSR count). The number of oxazole rings is 1. The number of hydrogen-bond acceptors (Lipinski definition) is 11. The third-order valence-electron chi connectivity index (χ3n) is 9.19. The lowest BCUT2D eigenvalue weighted by Gasteiger charge is -2.50. The molecule has 1 aromatic heterocycles. The van der Waals surface area contributed by atoms with Crippen LogP contribution in [-0.4, -0.2) is 96.6 Å². The van der Waals surface area contributed by atoms with Crippen molar-refractivity contribution in [2.45, 2.75) is 24.5 Å². The third kappa shape index (κ3) is 3.97. The van der Waals surface area contributed by atoms with Crippen LogP contribution in [0.5, 0.6) is 0 Å². The van der Waals surface area contributed by atoms with Gasteiger partial charge in [-0.05, 0) is 68.8 Å². The molecule has 1 heterocycles. The molecule has 3 aliphatic carbocycles. The fraction of sp³-hybridized carbons (Fsp3) is 0.375. The summed E-state index contributed by atoms with van der Waals surface area (Å²) in [6.07, 6.45) is 0.349. The number of hydrogen-bond donors (Lipinski definition) is 4. The van der Waals surface area contributed by atoms with Crippen LogP contribution in [0.4, 0.5) is 11.4 Å². The van der Waals surface area contributed by atoms with Gasteiger partial charge >= 0.3 is 0 Å². The first-order valence-electron chi connectivity index (χ1n) is 14.2. The number of benzene rings is 2. The van der Waals surface area contributed by atoms with E-state index in [0.29, 0.717) is 17.0 Å². The van der Waals surface area contributed by atoms with E-state index in [4.69, 9.17) is 15.1 Å². The van der Waals surface area contributed by atoms with Crippen molar-refractivity contribution in [2.24, 2.45) is 17.6 Å². The molecule has 2 aromatic carbocycles. The van der Waals surface area contributed by atoms with E-state index >= 15 is 0 Å². The van der Waals surface area contributed by atoms with Crippen molar-refractivity contribution < 1.29 is 34.1 Å². The number of aromatic nitrogens is 1. The average molecular weight is 602 g/mol. The number of amides is 1. The molecule has 3 aromatic rings. The lowest BCUT2D eigenvalue weighted by atomic mass is 9.57. The van der Waals surface area contributed by atoms with Crippen LogP contribution in [0.25, 0.3) is 28.3 Å². The number of primary amides is 1. The van der Waals surface area contributed by atoms with Crippen LogP contribution in [0, 0.1) is 11.8 Å². The number of likely N-dealkylation sites (N-methyl/N-ethyl adjacent to an activating group) is 1. The molecule has 12 heteroatoms. The van der Waals surface area contributed by atoms with Crippen LogP contribution in [0.1, 0.15) is 17.5 Å². The predicted molar refractivity (Wildman–Crippen MR) is 164 cm³/mol. The normalized spacial score (nSPS) is 24.9. The fourth-order valence-electron chi connectivity index (χ4n) is 7.10. The van der Waals surface area contributed by atoms with Crippen molar-refractivity contribution >= 4 is 45.7 Å². The lowest BCUT2D eigenvalue weighted by molar-refractivity contribution is -0.153. The Bertz CT molecular complexity index is 1820. The molecular weight excluding hydrogens is 566 g/mol. The summed E-state index contributed by atoms with van der Waals surface area (Å²) in [5, 5.41) is 34.9. The van der Waals surface area contributed by atoms with Gasteiger partial charge in [0, 0.05) is 56.6 Å². The van der Waals surface area contributed by atoms with Crippen molar-refractivity contribution in [3.8, 4) is 11.5 Å². The minimum Gasteiger partial charge on any atom is -0.508 e. The van der Waals surface area contributed by atoms with E-state index in [2.05, 4.69) is 0 Å². The summed E-state index contributed by atoms with van der Waals surface area (Å²) in [5.41, 5.74) is 6.05. The number of anilines is 2. The second kappa shape index (κ2) is 9.93. The molecule has 5 N–H and O–H groups in total. The van der Waals surface area contributed by atoms with E-state index in [0.717, 1.165) is 16.9 Å². The number of Topliss-reactive ketones (excluding diaryl/α,β-unsaturated/α-hetero) is 2. The highest BCUT2D eigenvalue weighted by Crippen LogP contribution is 2.53. The molecule has 4 atom stereocenters. The van der Waals surface area contributed by atoms with Gasteiger partial charge in [-0.25, -0.2) is 4.98 Å². The van der Waals surface area contributed by atoms with Crippen molar-refractivity contribution in [2.75, 3.05) is 52.1 Å². The molecule has 0 radical (unpaired) electrons. The topological polar surface area (TPSA) is 174 Å². The second-order valence-electron chi connectivity index (χ2n) is 12.4. The zero-order valence-electron chi connectivity index (χ0n) is 25.4. The summed E-state index contributed by atoms with van der Waals surface area (Å²) in [5.74, 6) is -5.87. The maximum absolute atomic E-state index is 14.3. The van der Waals surface area contributed by atoms with Crippen molar-refractivity contribution in [1.29, 1.82) is 0 Å². The number of carbonyl (C=O) groups excluding carboxylic acids is 3. The maximum Gasteiger partial charge on any atom is 0.255 e. The SMILES string of the molecule is CN(C)c1ccc(-c2nc3cc(N(C)C)c4c(c3o2)C(O)=C2C(=O)[C@]3(O)C(O)=C(C(N)=O)C(=O)[C@@H](N(C)C)[C@@H]3C[C@@H]2C4)cc1. The zero-order valence-corrected chi connectivity index (χ0v) is 25.4. The van der Waals surface area contributed by atoms with Gasteiger partial charge in [0.1, 0.15) is 22.6 Å². The molecule has 0 bridgehead atoms. The molecule has 230 valence electrons. The van der Waals surface area contributed by atoms with Gasteiger partial charge in [-0.3, -0.25) is 19.3 Å².